The van der Waals surface area contributed by atoms with Gasteiger partial charge in [-0.05, 0) is 36.4 Å². The topological polar surface area (TPSA) is 230 Å². The Balaban J connectivity index is 2.00. The number of aromatic nitrogens is 1. The average molecular weight is 537 g/mol. The Morgan fingerprint density at radius 3 is 1.91 bits per heavy atom. The second kappa shape index (κ2) is 9.84. The van der Waals surface area contributed by atoms with Crippen molar-refractivity contribution in [3.8, 4) is 0 Å². The Morgan fingerprint density at radius 2 is 1.38 bits per heavy atom. The highest BCUT2D eigenvalue weighted by Gasteiger charge is 2.27. The van der Waals surface area contributed by atoms with E-state index in [0.717, 1.165) is 6.07 Å². The number of H-pyrrole nitrogens is 1. The number of nitrogen functional groups attached to an aromatic ring is 1. The van der Waals surface area contributed by atoms with E-state index in [0.29, 0.717) is 21.0 Å². The Morgan fingerprint density at radius 1 is 0.882 bits per heavy atom. The number of anilines is 1. The van der Waals surface area contributed by atoms with Gasteiger partial charge in [0.25, 0.3) is 0 Å². The van der Waals surface area contributed by atoms with Crippen molar-refractivity contribution >= 4 is 53.2 Å². The number of benzene rings is 2. The summed E-state index contributed by atoms with van der Waals surface area (Å²) in [6, 6.07) is 8.35. The van der Waals surface area contributed by atoms with E-state index in [1.165, 1.54) is 18.2 Å². The molecule has 0 aliphatic carbocycles. The number of aromatic amines is 1. The Hall–Kier alpha value is -2.16. The third-order valence-corrected chi connectivity index (χ3v) is 7.56. The van der Waals surface area contributed by atoms with E-state index in [4.69, 9.17) is 25.3 Å². The predicted molar refractivity (Wildman–Crippen MR) is 121 cm³/mol. The molecule has 0 aliphatic heterocycles. The number of rotatable bonds is 10. The standard InChI is InChI=1S/C17H21N3O11P2S/c18-11-1-3-15-13(9-11)17(21)14-10-12(2-4-16(14)19-15)34(28,29)20(5-7-30-32(22,23)24)6-8-31-33(25,26)27/h1-4,9-10H,5-8,18H2,(H,19,21)(H2,22,23,24)(H2,25,26,27). The molecular formula is C17H21N3O11P2S. The van der Waals surface area contributed by atoms with Gasteiger partial charge in [0.1, 0.15) is 0 Å². The molecule has 0 amide bonds. The molecule has 3 rings (SSSR count). The third kappa shape index (κ3) is 6.49. The first-order valence-corrected chi connectivity index (χ1v) is 13.9. The van der Waals surface area contributed by atoms with E-state index < -0.39 is 57.4 Å². The summed E-state index contributed by atoms with van der Waals surface area (Å²) in [5.41, 5.74) is 6.44. The smallest absolute Gasteiger partial charge is 0.399 e. The van der Waals surface area contributed by atoms with Crippen LogP contribution in [0, 0.1) is 0 Å². The largest absolute Gasteiger partial charge is 0.469 e. The fraction of sp³-hybridized carbons (Fsp3) is 0.235. The van der Waals surface area contributed by atoms with Crippen molar-refractivity contribution in [1.29, 1.82) is 0 Å². The van der Waals surface area contributed by atoms with E-state index in [-0.39, 0.29) is 15.7 Å². The normalized spacial score (nSPS) is 13.2. The van der Waals surface area contributed by atoms with Crippen LogP contribution in [0.2, 0.25) is 0 Å². The number of hydrogen-bond donors (Lipinski definition) is 6. The van der Waals surface area contributed by atoms with Crippen molar-refractivity contribution in [3.63, 3.8) is 0 Å². The van der Waals surface area contributed by atoms with Gasteiger partial charge in [0.05, 0.1) is 18.1 Å². The number of nitrogens with zero attached hydrogens (tertiary/aromatic N) is 1. The molecule has 0 spiro atoms. The van der Waals surface area contributed by atoms with Crippen LogP contribution in [-0.2, 0) is 28.2 Å². The highest BCUT2D eigenvalue weighted by Crippen LogP contribution is 2.36. The minimum atomic E-state index is -4.90. The minimum absolute atomic E-state index is 0.0389. The van der Waals surface area contributed by atoms with Crippen LogP contribution in [0.15, 0.2) is 46.1 Å². The number of fused-ring (bicyclic) bond motifs is 2. The van der Waals surface area contributed by atoms with Gasteiger partial charge in [-0.2, -0.15) is 4.31 Å². The van der Waals surface area contributed by atoms with Crippen molar-refractivity contribution < 1.29 is 46.2 Å². The molecule has 1 heterocycles. The molecule has 0 radical (unpaired) electrons. The summed E-state index contributed by atoms with van der Waals surface area (Å²) >= 11 is 0. The Bertz CT molecular complexity index is 1450. The number of pyridine rings is 1. The second-order valence-electron chi connectivity index (χ2n) is 7.02. The van der Waals surface area contributed by atoms with E-state index in [1.54, 1.807) is 12.1 Å². The molecule has 0 fully saturated rings. The second-order valence-corrected chi connectivity index (χ2v) is 11.4. The van der Waals surface area contributed by atoms with E-state index in [9.17, 15) is 22.3 Å². The molecule has 1 aromatic heterocycles. The lowest BCUT2D eigenvalue weighted by Gasteiger charge is -2.22. The minimum Gasteiger partial charge on any atom is -0.399 e. The summed E-state index contributed by atoms with van der Waals surface area (Å²) in [6.45, 7) is -2.61. The zero-order valence-electron chi connectivity index (χ0n) is 17.3. The molecule has 14 nitrogen and oxygen atoms in total. The first-order valence-electron chi connectivity index (χ1n) is 9.43. The van der Waals surface area contributed by atoms with Gasteiger partial charge in [0.2, 0.25) is 10.0 Å². The van der Waals surface area contributed by atoms with Crippen molar-refractivity contribution in [3.05, 3.63) is 46.6 Å². The van der Waals surface area contributed by atoms with Gasteiger partial charge in [-0.1, -0.05) is 0 Å². The van der Waals surface area contributed by atoms with Crippen LogP contribution in [0.25, 0.3) is 21.8 Å². The zero-order valence-corrected chi connectivity index (χ0v) is 19.9. The molecule has 7 N–H and O–H groups in total. The molecule has 186 valence electrons. The van der Waals surface area contributed by atoms with Crippen LogP contribution >= 0.6 is 15.6 Å². The molecular weight excluding hydrogens is 516 g/mol. The molecule has 2 aromatic carbocycles. The maximum Gasteiger partial charge on any atom is 0.469 e. The van der Waals surface area contributed by atoms with Gasteiger partial charge in [0, 0.05) is 40.6 Å². The molecule has 0 atom stereocenters. The highest BCUT2D eigenvalue weighted by atomic mass is 32.2. The zero-order chi connectivity index (χ0) is 25.3. The first kappa shape index (κ1) is 26.4. The molecule has 0 saturated carbocycles. The van der Waals surface area contributed by atoms with Gasteiger partial charge in [-0.3, -0.25) is 13.8 Å². The number of phosphoric ester groups is 2. The van der Waals surface area contributed by atoms with Crippen LogP contribution in [0.4, 0.5) is 5.69 Å². The van der Waals surface area contributed by atoms with Crippen molar-refractivity contribution in [1.82, 2.24) is 9.29 Å². The van der Waals surface area contributed by atoms with Gasteiger partial charge in [-0.25, -0.2) is 17.5 Å². The van der Waals surface area contributed by atoms with Gasteiger partial charge in [-0.15, -0.1) is 0 Å². The van der Waals surface area contributed by atoms with Gasteiger partial charge >= 0.3 is 15.6 Å². The molecule has 0 unspecified atom stereocenters. The van der Waals surface area contributed by atoms with E-state index in [2.05, 4.69) is 14.0 Å². The highest BCUT2D eigenvalue weighted by molar-refractivity contribution is 7.89. The summed E-state index contributed by atoms with van der Waals surface area (Å²) in [5, 5.41) is 0.279. The number of nitrogens with two attached hydrogens (primary N) is 1. The number of nitrogens with one attached hydrogen (secondary N) is 1. The van der Waals surface area contributed by atoms with Crippen molar-refractivity contribution in [2.75, 3.05) is 32.0 Å². The Labute approximate surface area is 192 Å². The third-order valence-electron chi connectivity index (χ3n) is 4.63. The summed E-state index contributed by atoms with van der Waals surface area (Å²) < 4.78 is 57.5. The summed E-state index contributed by atoms with van der Waals surface area (Å²) in [6.07, 6.45) is 0. The lowest BCUT2D eigenvalue weighted by atomic mass is 10.1. The molecule has 17 heteroatoms. The molecule has 0 bridgehead atoms. The molecule has 0 saturated heterocycles. The Kier molecular flexibility index (Phi) is 7.65. The quantitative estimate of drug-likeness (QED) is 0.118. The predicted octanol–water partition coefficient (Wildman–Crippen LogP) is 0.473. The van der Waals surface area contributed by atoms with Crippen LogP contribution in [0.3, 0.4) is 0 Å². The fourth-order valence-electron chi connectivity index (χ4n) is 3.15. The summed E-state index contributed by atoms with van der Waals surface area (Å²) in [4.78, 5) is 51.0. The molecule has 0 aliphatic rings. The molecule has 3 aromatic rings. The van der Waals surface area contributed by atoms with Crippen molar-refractivity contribution in [2.45, 2.75) is 4.90 Å². The lowest BCUT2D eigenvalue weighted by Crippen LogP contribution is -2.36. The van der Waals surface area contributed by atoms with Crippen molar-refractivity contribution in [2.24, 2.45) is 0 Å². The number of hydrogen-bond acceptors (Lipinski definition) is 8. The van der Waals surface area contributed by atoms with Crippen LogP contribution < -0.4 is 11.2 Å². The van der Waals surface area contributed by atoms with Crippen LogP contribution in [0.1, 0.15) is 0 Å². The average Bonchev–Trinajstić information content (AvgIpc) is 2.71. The SMILES string of the molecule is Nc1ccc2[nH]c3ccc(S(=O)(=O)N(CCOP(=O)(O)O)CCOP(=O)(O)O)cc3c(=O)c2c1. The number of sulfonamides is 1. The molecule has 34 heavy (non-hydrogen) atoms. The maximum atomic E-state index is 13.2. The van der Waals surface area contributed by atoms with Crippen LogP contribution in [-0.4, -0.2) is 63.6 Å². The van der Waals surface area contributed by atoms with Gasteiger partial charge in [0.15, 0.2) is 5.43 Å². The summed E-state index contributed by atoms with van der Waals surface area (Å²) in [7, 11) is -14.2. The first-order chi connectivity index (χ1) is 15.7. The van der Waals surface area contributed by atoms with E-state index in [1.807, 2.05) is 0 Å². The van der Waals surface area contributed by atoms with Crippen LogP contribution in [0.5, 0.6) is 0 Å². The maximum absolute atomic E-state index is 13.2. The summed E-state index contributed by atoms with van der Waals surface area (Å²) in [5.74, 6) is 0. The van der Waals surface area contributed by atoms with E-state index >= 15 is 0 Å². The number of phosphoric acid groups is 2. The lowest BCUT2D eigenvalue weighted by molar-refractivity contribution is 0.166. The van der Waals surface area contributed by atoms with Gasteiger partial charge < -0.3 is 30.3 Å². The monoisotopic (exact) mass is 537 g/mol. The fourth-order valence-corrected chi connectivity index (χ4v) is 5.23.